The van der Waals surface area contributed by atoms with Crippen LogP contribution in [-0.2, 0) is 11.2 Å². The number of likely N-dealkylation sites (tertiary alicyclic amines) is 1. The molecule has 5 nitrogen and oxygen atoms in total. The highest BCUT2D eigenvalue weighted by Crippen LogP contribution is 2.37. The van der Waals surface area contributed by atoms with E-state index in [4.69, 9.17) is 0 Å². The van der Waals surface area contributed by atoms with E-state index in [9.17, 15) is 15.0 Å². The molecule has 5 heteroatoms. The highest BCUT2D eigenvalue weighted by atomic mass is 16.3. The van der Waals surface area contributed by atoms with Crippen LogP contribution in [0.3, 0.4) is 0 Å². The standard InChI is InChI=1S/C27H38N2O3/c1-18(2)25(28-27(32)13-12-21-8-5-6-11-26(21)31)17-29-15-14-24(19(3)20(29)4)22-9-7-10-23(30)16-22/h5-11,16,18-20,24-25,30-31H,12-15,17H2,1-4H3,(H,28,32)/t19-,20?,24+,25+/m0/s1. The van der Waals surface area contributed by atoms with Gasteiger partial charge in [0.2, 0.25) is 5.91 Å². The van der Waals surface area contributed by atoms with Crippen molar-refractivity contribution in [1.29, 1.82) is 0 Å². The molecule has 174 valence electrons. The van der Waals surface area contributed by atoms with Gasteiger partial charge in [-0.1, -0.05) is 51.1 Å². The van der Waals surface area contributed by atoms with Gasteiger partial charge in [-0.15, -0.1) is 0 Å². The van der Waals surface area contributed by atoms with Gasteiger partial charge >= 0.3 is 0 Å². The van der Waals surface area contributed by atoms with Crippen LogP contribution in [-0.4, -0.2) is 46.2 Å². The number of hydrogen-bond donors (Lipinski definition) is 3. The molecule has 0 radical (unpaired) electrons. The van der Waals surface area contributed by atoms with Gasteiger partial charge in [-0.05, 0) is 73.4 Å². The Bertz CT molecular complexity index is 898. The van der Waals surface area contributed by atoms with Crippen LogP contribution in [0.2, 0.25) is 0 Å². The summed E-state index contributed by atoms with van der Waals surface area (Å²) in [5.74, 6) is 1.82. The van der Waals surface area contributed by atoms with Crippen molar-refractivity contribution in [2.24, 2.45) is 11.8 Å². The Balaban J connectivity index is 1.57. The van der Waals surface area contributed by atoms with Crippen molar-refractivity contribution in [2.75, 3.05) is 13.1 Å². The molecule has 1 fully saturated rings. The predicted octanol–water partition coefficient (Wildman–Crippen LogP) is 4.69. The van der Waals surface area contributed by atoms with Crippen LogP contribution < -0.4 is 5.32 Å². The maximum atomic E-state index is 12.7. The van der Waals surface area contributed by atoms with Crippen LogP contribution in [0.5, 0.6) is 11.5 Å². The Morgan fingerprint density at radius 3 is 2.56 bits per heavy atom. The first-order valence-corrected chi connectivity index (χ1v) is 11.9. The molecule has 2 aromatic rings. The zero-order chi connectivity index (χ0) is 23.3. The van der Waals surface area contributed by atoms with Crippen LogP contribution >= 0.6 is 0 Å². The zero-order valence-corrected chi connectivity index (χ0v) is 19.8. The van der Waals surface area contributed by atoms with Gasteiger partial charge in [-0.2, -0.15) is 0 Å². The molecule has 32 heavy (non-hydrogen) atoms. The number of amides is 1. The summed E-state index contributed by atoms with van der Waals surface area (Å²) < 4.78 is 0. The Kier molecular flexibility index (Phi) is 8.19. The highest BCUT2D eigenvalue weighted by molar-refractivity contribution is 5.76. The summed E-state index contributed by atoms with van der Waals surface area (Å²) in [4.78, 5) is 15.2. The van der Waals surface area contributed by atoms with Gasteiger partial charge in [0.1, 0.15) is 11.5 Å². The normalized spacial score (nSPS) is 22.6. The van der Waals surface area contributed by atoms with Crippen LogP contribution in [0, 0.1) is 11.8 Å². The summed E-state index contributed by atoms with van der Waals surface area (Å²) in [5.41, 5.74) is 2.02. The fraction of sp³-hybridized carbons (Fsp3) is 0.519. The fourth-order valence-electron chi connectivity index (χ4n) is 4.85. The molecule has 1 aliphatic heterocycles. The third kappa shape index (κ3) is 6.04. The number of aryl methyl sites for hydroxylation is 1. The lowest BCUT2D eigenvalue weighted by Gasteiger charge is -2.44. The summed E-state index contributed by atoms with van der Waals surface area (Å²) in [7, 11) is 0. The van der Waals surface area contributed by atoms with Gasteiger partial charge in [0.05, 0.1) is 0 Å². The second kappa shape index (κ2) is 10.9. The molecule has 4 atom stereocenters. The first-order valence-electron chi connectivity index (χ1n) is 11.9. The van der Waals surface area contributed by atoms with Crippen LogP contribution in [0.1, 0.15) is 57.6 Å². The van der Waals surface area contributed by atoms with Crippen molar-refractivity contribution >= 4 is 5.91 Å². The van der Waals surface area contributed by atoms with Gasteiger partial charge in [0.15, 0.2) is 0 Å². The van der Waals surface area contributed by atoms with Crippen LogP contribution in [0.25, 0.3) is 0 Å². The number of piperidine rings is 1. The van der Waals surface area contributed by atoms with E-state index in [0.29, 0.717) is 42.4 Å². The lowest BCUT2D eigenvalue weighted by molar-refractivity contribution is -0.122. The summed E-state index contributed by atoms with van der Waals surface area (Å²) in [6.45, 7) is 10.7. The van der Waals surface area contributed by atoms with Crippen molar-refractivity contribution < 1.29 is 15.0 Å². The van der Waals surface area contributed by atoms with Crippen LogP contribution in [0.4, 0.5) is 0 Å². The summed E-state index contributed by atoms with van der Waals surface area (Å²) in [5, 5.41) is 23.1. The number of para-hydroxylation sites is 1. The Hall–Kier alpha value is -2.53. The minimum atomic E-state index is 0.0299. The molecule has 0 saturated carbocycles. The molecule has 3 rings (SSSR count). The largest absolute Gasteiger partial charge is 0.508 e. The van der Waals surface area contributed by atoms with E-state index in [1.165, 1.54) is 5.56 Å². The fourth-order valence-corrected chi connectivity index (χ4v) is 4.85. The summed E-state index contributed by atoms with van der Waals surface area (Å²) in [6, 6.07) is 15.3. The molecule has 0 spiro atoms. The summed E-state index contributed by atoms with van der Waals surface area (Å²) in [6.07, 6.45) is 1.94. The molecular weight excluding hydrogens is 400 g/mol. The average Bonchev–Trinajstić information content (AvgIpc) is 2.75. The molecule has 0 bridgehead atoms. The third-order valence-corrected chi connectivity index (χ3v) is 7.19. The van der Waals surface area contributed by atoms with E-state index in [2.05, 4.69) is 44.0 Å². The Morgan fingerprint density at radius 1 is 1.12 bits per heavy atom. The molecule has 0 aliphatic carbocycles. The van der Waals surface area contributed by atoms with E-state index in [-0.39, 0.29) is 17.7 Å². The molecular formula is C27H38N2O3. The number of nitrogens with one attached hydrogen (secondary N) is 1. The number of carbonyl (C=O) groups excluding carboxylic acids is 1. The van der Waals surface area contributed by atoms with Crippen molar-refractivity contribution in [1.82, 2.24) is 10.2 Å². The van der Waals surface area contributed by atoms with Crippen molar-refractivity contribution in [2.45, 2.75) is 65.0 Å². The molecule has 0 aromatic heterocycles. The molecule has 1 heterocycles. The average molecular weight is 439 g/mol. The number of carbonyl (C=O) groups is 1. The number of aromatic hydroxyl groups is 2. The van der Waals surface area contributed by atoms with E-state index in [1.807, 2.05) is 24.3 Å². The van der Waals surface area contributed by atoms with E-state index in [0.717, 1.165) is 25.1 Å². The maximum Gasteiger partial charge on any atom is 0.220 e. The highest BCUT2D eigenvalue weighted by Gasteiger charge is 2.34. The van der Waals surface area contributed by atoms with Crippen molar-refractivity contribution in [3.05, 3.63) is 59.7 Å². The molecule has 1 unspecified atom stereocenters. The van der Waals surface area contributed by atoms with Gasteiger partial charge in [0.25, 0.3) is 0 Å². The second-order valence-corrected chi connectivity index (χ2v) is 9.63. The number of phenols is 2. The minimum absolute atomic E-state index is 0.0299. The molecule has 1 amide bonds. The number of hydrogen-bond acceptors (Lipinski definition) is 4. The van der Waals surface area contributed by atoms with Crippen molar-refractivity contribution in [3.63, 3.8) is 0 Å². The zero-order valence-electron chi connectivity index (χ0n) is 19.8. The number of benzene rings is 2. The lowest BCUT2D eigenvalue weighted by atomic mass is 9.77. The van der Waals surface area contributed by atoms with E-state index in [1.54, 1.807) is 18.2 Å². The van der Waals surface area contributed by atoms with Gasteiger partial charge in [-0.3, -0.25) is 9.69 Å². The number of phenolic OH excluding ortho intramolecular Hbond substituents is 2. The molecule has 2 aromatic carbocycles. The second-order valence-electron chi connectivity index (χ2n) is 9.63. The van der Waals surface area contributed by atoms with Gasteiger partial charge in [0, 0.05) is 25.0 Å². The Morgan fingerprint density at radius 2 is 1.88 bits per heavy atom. The topological polar surface area (TPSA) is 72.8 Å². The van der Waals surface area contributed by atoms with E-state index >= 15 is 0 Å². The SMILES string of the molecule is CC(C)[C@@H](CN1CC[C@@H](c2cccc(O)c2)[C@@H](C)C1C)NC(=O)CCc1ccccc1O. The first-order chi connectivity index (χ1) is 15.3. The number of rotatable bonds is 8. The molecule has 1 aliphatic rings. The molecule has 1 saturated heterocycles. The summed E-state index contributed by atoms with van der Waals surface area (Å²) >= 11 is 0. The minimum Gasteiger partial charge on any atom is -0.508 e. The van der Waals surface area contributed by atoms with E-state index < -0.39 is 0 Å². The maximum absolute atomic E-state index is 12.7. The predicted molar refractivity (Wildman–Crippen MR) is 129 cm³/mol. The Labute approximate surface area is 192 Å². The van der Waals surface area contributed by atoms with Gasteiger partial charge in [-0.25, -0.2) is 0 Å². The monoisotopic (exact) mass is 438 g/mol. The lowest BCUT2D eigenvalue weighted by Crippen LogP contribution is -2.53. The van der Waals surface area contributed by atoms with Crippen LogP contribution in [0.15, 0.2) is 48.5 Å². The van der Waals surface area contributed by atoms with Crippen molar-refractivity contribution in [3.8, 4) is 11.5 Å². The smallest absolute Gasteiger partial charge is 0.220 e. The first kappa shape index (κ1) is 24.1. The van der Waals surface area contributed by atoms with Gasteiger partial charge < -0.3 is 15.5 Å². The quantitative estimate of drug-likeness (QED) is 0.559. The molecule has 3 N–H and O–H groups in total. The third-order valence-electron chi connectivity index (χ3n) is 7.19. The number of nitrogens with zero attached hydrogens (tertiary/aromatic N) is 1.